The summed E-state index contributed by atoms with van der Waals surface area (Å²) in [5.74, 6) is 0.220. The van der Waals surface area contributed by atoms with Gasteiger partial charge in [0.2, 0.25) is 0 Å². The van der Waals surface area contributed by atoms with Gasteiger partial charge in [-0.1, -0.05) is 0 Å². The molecule has 1 saturated heterocycles. The summed E-state index contributed by atoms with van der Waals surface area (Å²) in [5.41, 5.74) is 0. The standard InChI is InChI=1S/C6H10N2/c1-6(4-7)5-8-2-3-8/h6H,2-3,5H2,1H3. The van der Waals surface area contributed by atoms with E-state index in [2.05, 4.69) is 11.0 Å². The van der Waals surface area contributed by atoms with Crippen LogP contribution in [0.5, 0.6) is 0 Å². The van der Waals surface area contributed by atoms with Crippen LogP contribution in [0, 0.1) is 17.2 Å². The minimum Gasteiger partial charge on any atom is -0.300 e. The Bertz CT molecular complexity index is 110. The second kappa shape index (κ2) is 2.15. The van der Waals surface area contributed by atoms with E-state index in [1.165, 1.54) is 13.1 Å². The van der Waals surface area contributed by atoms with Gasteiger partial charge in [0.1, 0.15) is 0 Å². The van der Waals surface area contributed by atoms with E-state index in [0.717, 1.165) is 6.54 Å². The van der Waals surface area contributed by atoms with Crippen molar-refractivity contribution in [3.05, 3.63) is 0 Å². The van der Waals surface area contributed by atoms with Crippen LogP contribution in [0.15, 0.2) is 0 Å². The van der Waals surface area contributed by atoms with Crippen LogP contribution in [0.2, 0.25) is 0 Å². The molecule has 2 heteroatoms. The van der Waals surface area contributed by atoms with E-state index in [0.29, 0.717) is 0 Å². The summed E-state index contributed by atoms with van der Waals surface area (Å²) in [4.78, 5) is 2.26. The first kappa shape index (κ1) is 5.58. The topological polar surface area (TPSA) is 26.8 Å². The summed E-state index contributed by atoms with van der Waals surface area (Å²) in [6.07, 6.45) is 0. The van der Waals surface area contributed by atoms with Crippen molar-refractivity contribution in [3.8, 4) is 6.07 Å². The summed E-state index contributed by atoms with van der Waals surface area (Å²) < 4.78 is 0. The Morgan fingerprint density at radius 3 is 2.75 bits per heavy atom. The maximum atomic E-state index is 8.33. The molecule has 0 saturated carbocycles. The number of nitrogens with zero attached hydrogens (tertiary/aromatic N) is 2. The molecule has 0 aromatic heterocycles. The van der Waals surface area contributed by atoms with Crippen LogP contribution in [-0.2, 0) is 0 Å². The highest BCUT2D eigenvalue weighted by molar-refractivity contribution is 4.85. The minimum atomic E-state index is 0.220. The molecule has 8 heavy (non-hydrogen) atoms. The maximum Gasteiger partial charge on any atom is 0.0666 e. The van der Waals surface area contributed by atoms with Crippen LogP contribution < -0.4 is 0 Å². The monoisotopic (exact) mass is 110 g/mol. The second-order valence-electron chi connectivity index (χ2n) is 2.33. The average molecular weight is 110 g/mol. The zero-order valence-electron chi connectivity index (χ0n) is 5.09. The van der Waals surface area contributed by atoms with Gasteiger partial charge in [0, 0.05) is 19.6 Å². The number of nitriles is 1. The summed E-state index contributed by atoms with van der Waals surface area (Å²) in [5, 5.41) is 8.33. The molecule has 2 nitrogen and oxygen atoms in total. The molecular formula is C6H10N2. The molecule has 1 fully saturated rings. The van der Waals surface area contributed by atoms with E-state index >= 15 is 0 Å². The van der Waals surface area contributed by atoms with Crippen molar-refractivity contribution >= 4 is 0 Å². The highest BCUT2D eigenvalue weighted by Gasteiger charge is 2.18. The van der Waals surface area contributed by atoms with Gasteiger partial charge < -0.3 is 0 Å². The molecule has 0 amide bonds. The van der Waals surface area contributed by atoms with Gasteiger partial charge in [0.25, 0.3) is 0 Å². The van der Waals surface area contributed by atoms with Crippen LogP contribution in [0.25, 0.3) is 0 Å². The first-order chi connectivity index (χ1) is 3.83. The molecule has 1 aliphatic heterocycles. The van der Waals surface area contributed by atoms with Crippen LogP contribution in [0.3, 0.4) is 0 Å². The Kier molecular flexibility index (Phi) is 1.50. The van der Waals surface area contributed by atoms with E-state index in [1.54, 1.807) is 0 Å². The third-order valence-electron chi connectivity index (χ3n) is 1.29. The molecule has 1 heterocycles. The lowest BCUT2D eigenvalue weighted by Crippen LogP contribution is -2.07. The molecule has 0 radical (unpaired) electrons. The Morgan fingerprint density at radius 1 is 1.75 bits per heavy atom. The van der Waals surface area contributed by atoms with Gasteiger partial charge in [-0.05, 0) is 6.92 Å². The van der Waals surface area contributed by atoms with Gasteiger partial charge in [0.15, 0.2) is 0 Å². The number of hydrogen-bond donors (Lipinski definition) is 0. The third-order valence-corrected chi connectivity index (χ3v) is 1.29. The predicted molar refractivity (Wildman–Crippen MR) is 31.2 cm³/mol. The number of hydrogen-bond acceptors (Lipinski definition) is 2. The molecule has 1 atom stereocenters. The van der Waals surface area contributed by atoms with Gasteiger partial charge in [-0.25, -0.2) is 0 Å². The Morgan fingerprint density at radius 2 is 2.38 bits per heavy atom. The van der Waals surface area contributed by atoms with Gasteiger partial charge in [0.05, 0.1) is 12.0 Å². The van der Waals surface area contributed by atoms with E-state index in [-0.39, 0.29) is 5.92 Å². The molecule has 1 rings (SSSR count). The maximum absolute atomic E-state index is 8.33. The smallest absolute Gasteiger partial charge is 0.0666 e. The lowest BCUT2D eigenvalue weighted by molar-refractivity contribution is 0.495. The van der Waals surface area contributed by atoms with Crippen LogP contribution in [-0.4, -0.2) is 24.5 Å². The highest BCUT2D eigenvalue weighted by Crippen LogP contribution is 2.06. The van der Waals surface area contributed by atoms with E-state index in [4.69, 9.17) is 5.26 Å². The molecule has 1 aliphatic rings. The highest BCUT2D eigenvalue weighted by atomic mass is 15.3. The van der Waals surface area contributed by atoms with Gasteiger partial charge >= 0.3 is 0 Å². The van der Waals surface area contributed by atoms with Crippen molar-refractivity contribution in [1.29, 1.82) is 5.26 Å². The first-order valence-electron chi connectivity index (χ1n) is 2.95. The largest absolute Gasteiger partial charge is 0.300 e. The van der Waals surface area contributed by atoms with Crippen molar-refractivity contribution < 1.29 is 0 Å². The number of rotatable bonds is 2. The zero-order chi connectivity index (χ0) is 5.98. The molecule has 0 aromatic carbocycles. The fourth-order valence-electron chi connectivity index (χ4n) is 0.681. The molecule has 0 aromatic rings. The van der Waals surface area contributed by atoms with E-state index in [1.807, 2.05) is 6.92 Å². The van der Waals surface area contributed by atoms with Crippen LogP contribution in [0.4, 0.5) is 0 Å². The van der Waals surface area contributed by atoms with Crippen molar-refractivity contribution in [2.75, 3.05) is 19.6 Å². The minimum absolute atomic E-state index is 0.220. The van der Waals surface area contributed by atoms with Crippen molar-refractivity contribution in [3.63, 3.8) is 0 Å². The van der Waals surface area contributed by atoms with Crippen LogP contribution >= 0.6 is 0 Å². The van der Waals surface area contributed by atoms with Crippen molar-refractivity contribution in [2.24, 2.45) is 5.92 Å². The fourth-order valence-corrected chi connectivity index (χ4v) is 0.681. The Balaban J connectivity index is 2.09. The fraction of sp³-hybridized carbons (Fsp3) is 0.833. The van der Waals surface area contributed by atoms with Gasteiger partial charge in [-0.15, -0.1) is 0 Å². The molecule has 44 valence electrons. The molecular weight excluding hydrogens is 100 g/mol. The molecule has 0 spiro atoms. The zero-order valence-corrected chi connectivity index (χ0v) is 5.09. The quantitative estimate of drug-likeness (QED) is 0.483. The SMILES string of the molecule is CC(C#N)CN1CC1. The first-order valence-corrected chi connectivity index (χ1v) is 2.95. The molecule has 0 bridgehead atoms. The second-order valence-corrected chi connectivity index (χ2v) is 2.33. The van der Waals surface area contributed by atoms with Gasteiger partial charge in [-0.3, -0.25) is 4.90 Å². The van der Waals surface area contributed by atoms with E-state index < -0.39 is 0 Å². The molecule has 0 N–H and O–H groups in total. The molecule has 0 aliphatic carbocycles. The van der Waals surface area contributed by atoms with Crippen LogP contribution in [0.1, 0.15) is 6.92 Å². The molecule has 1 unspecified atom stereocenters. The lowest BCUT2D eigenvalue weighted by atomic mass is 10.2. The van der Waals surface area contributed by atoms with Crippen molar-refractivity contribution in [2.45, 2.75) is 6.92 Å². The lowest BCUT2D eigenvalue weighted by Gasteiger charge is -1.98. The average Bonchev–Trinajstić information content (AvgIpc) is 2.50. The normalized spacial score (nSPS) is 22.0. The van der Waals surface area contributed by atoms with Crippen molar-refractivity contribution in [1.82, 2.24) is 4.90 Å². The summed E-state index contributed by atoms with van der Waals surface area (Å²) >= 11 is 0. The summed E-state index contributed by atoms with van der Waals surface area (Å²) in [6, 6.07) is 2.19. The van der Waals surface area contributed by atoms with Gasteiger partial charge in [-0.2, -0.15) is 5.26 Å². The Hall–Kier alpha value is -0.550. The predicted octanol–water partition coefficient (Wildman–Crippen LogP) is 0.462. The summed E-state index contributed by atoms with van der Waals surface area (Å²) in [6.45, 7) is 5.33. The Labute approximate surface area is 49.7 Å². The van der Waals surface area contributed by atoms with E-state index in [9.17, 15) is 0 Å². The third kappa shape index (κ3) is 1.51. The summed E-state index contributed by atoms with van der Waals surface area (Å²) in [7, 11) is 0.